The van der Waals surface area contributed by atoms with E-state index < -0.39 is 0 Å². The third-order valence-corrected chi connectivity index (χ3v) is 3.49. The van der Waals surface area contributed by atoms with Crippen molar-refractivity contribution in [2.24, 2.45) is 0 Å². The normalized spacial score (nSPS) is 12.0. The van der Waals surface area contributed by atoms with E-state index >= 15 is 0 Å². The Labute approximate surface area is 124 Å². The van der Waals surface area contributed by atoms with Crippen LogP contribution in [0.4, 0.5) is 11.4 Å². The molecule has 1 aromatic heterocycles. The molecule has 5 nitrogen and oxygen atoms in total. The summed E-state index contributed by atoms with van der Waals surface area (Å²) < 4.78 is 0. The zero-order chi connectivity index (χ0) is 15.6. The number of nitro benzene ring substituents is 1. The van der Waals surface area contributed by atoms with Crippen LogP contribution in [0.15, 0.2) is 30.3 Å². The quantitative estimate of drug-likeness (QED) is 0.678. The van der Waals surface area contributed by atoms with Crippen molar-refractivity contribution in [3.63, 3.8) is 0 Å². The number of anilines is 1. The maximum absolute atomic E-state index is 11.1. The van der Waals surface area contributed by atoms with Gasteiger partial charge < -0.3 is 5.32 Å². The third-order valence-electron chi connectivity index (χ3n) is 3.49. The van der Waals surface area contributed by atoms with Crippen LogP contribution in [0.3, 0.4) is 0 Å². The van der Waals surface area contributed by atoms with Crippen LogP contribution in [0.1, 0.15) is 35.5 Å². The number of aromatic nitrogens is 1. The highest BCUT2D eigenvalue weighted by atomic mass is 16.6. The van der Waals surface area contributed by atoms with Crippen LogP contribution in [-0.2, 0) is 0 Å². The first-order valence-corrected chi connectivity index (χ1v) is 6.85. The molecule has 1 atom stereocenters. The maximum atomic E-state index is 11.1. The fourth-order valence-corrected chi connectivity index (χ4v) is 2.75. The highest BCUT2D eigenvalue weighted by Gasteiger charge is 2.18. The molecule has 0 radical (unpaired) electrons. The molecule has 1 unspecified atom stereocenters. The average Bonchev–Trinajstić information content (AvgIpc) is 2.37. The summed E-state index contributed by atoms with van der Waals surface area (Å²) in [6.45, 7) is 7.95. The van der Waals surface area contributed by atoms with Gasteiger partial charge in [0.05, 0.1) is 11.0 Å². The van der Waals surface area contributed by atoms with Gasteiger partial charge in [-0.15, -0.1) is 0 Å². The Morgan fingerprint density at radius 1 is 1.24 bits per heavy atom. The monoisotopic (exact) mass is 285 g/mol. The van der Waals surface area contributed by atoms with Crippen molar-refractivity contribution in [3.05, 3.63) is 63.0 Å². The van der Waals surface area contributed by atoms with Gasteiger partial charge in [0, 0.05) is 17.5 Å². The molecule has 21 heavy (non-hydrogen) atoms. The minimum atomic E-state index is -0.373. The van der Waals surface area contributed by atoms with Gasteiger partial charge >= 0.3 is 0 Å². The Morgan fingerprint density at radius 3 is 2.52 bits per heavy atom. The van der Waals surface area contributed by atoms with E-state index in [0.717, 1.165) is 22.5 Å². The first-order chi connectivity index (χ1) is 9.90. The maximum Gasteiger partial charge on any atom is 0.292 e. The predicted molar refractivity (Wildman–Crippen MR) is 83.6 cm³/mol. The Bertz CT molecular complexity index is 660. The number of nitrogens with one attached hydrogen (secondary N) is 1. The summed E-state index contributed by atoms with van der Waals surface area (Å²) in [5, 5.41) is 14.3. The Morgan fingerprint density at radius 2 is 1.90 bits per heavy atom. The fraction of sp³-hybridized carbons (Fsp3) is 0.312. The highest BCUT2D eigenvalue weighted by Crippen LogP contribution is 2.29. The van der Waals surface area contributed by atoms with Gasteiger partial charge in [0.15, 0.2) is 0 Å². The summed E-state index contributed by atoms with van der Waals surface area (Å²) in [7, 11) is 0. The van der Waals surface area contributed by atoms with E-state index in [4.69, 9.17) is 0 Å². The lowest BCUT2D eigenvalue weighted by Gasteiger charge is -2.20. The van der Waals surface area contributed by atoms with Crippen molar-refractivity contribution in [1.82, 2.24) is 4.98 Å². The number of hydrogen-bond acceptors (Lipinski definition) is 4. The molecule has 1 aromatic carbocycles. The van der Waals surface area contributed by atoms with Crippen LogP contribution in [0.25, 0.3) is 0 Å². The highest BCUT2D eigenvalue weighted by molar-refractivity contribution is 5.62. The largest absolute Gasteiger partial charge is 0.373 e. The second-order valence-corrected chi connectivity index (χ2v) is 5.22. The molecule has 0 aliphatic heterocycles. The zero-order valence-electron chi connectivity index (χ0n) is 12.7. The van der Waals surface area contributed by atoms with Gasteiger partial charge in [-0.25, -0.2) is 0 Å². The second-order valence-electron chi connectivity index (χ2n) is 5.22. The van der Waals surface area contributed by atoms with Crippen LogP contribution >= 0.6 is 0 Å². The van der Waals surface area contributed by atoms with Gasteiger partial charge in [-0.1, -0.05) is 12.1 Å². The molecule has 0 aliphatic rings. The number of pyridine rings is 1. The van der Waals surface area contributed by atoms with Crippen LogP contribution < -0.4 is 5.32 Å². The van der Waals surface area contributed by atoms with Gasteiger partial charge in [-0.3, -0.25) is 15.1 Å². The molecule has 2 rings (SSSR count). The minimum Gasteiger partial charge on any atom is -0.373 e. The van der Waals surface area contributed by atoms with Crippen molar-refractivity contribution in [1.29, 1.82) is 0 Å². The van der Waals surface area contributed by atoms with Gasteiger partial charge in [0.2, 0.25) is 0 Å². The summed E-state index contributed by atoms with van der Waals surface area (Å²) in [6.07, 6.45) is 0. The molecule has 0 bridgehead atoms. The molecule has 1 N–H and O–H groups in total. The standard InChI is InChI=1S/C16H19N3O2/c1-10-9-11(2)17-12(3)16(10)13(4)18-14-7-5-6-8-15(14)19(20)21/h5-9,13,18H,1-4H3. The number of rotatable bonds is 4. The topological polar surface area (TPSA) is 68.1 Å². The predicted octanol–water partition coefficient (Wildman–Crippen LogP) is 4.09. The van der Waals surface area contributed by atoms with Gasteiger partial charge in [-0.2, -0.15) is 0 Å². The molecule has 0 saturated heterocycles. The first-order valence-electron chi connectivity index (χ1n) is 6.85. The molecule has 0 amide bonds. The van der Waals surface area contributed by atoms with Crippen molar-refractivity contribution >= 4 is 11.4 Å². The molecule has 0 fully saturated rings. The Hall–Kier alpha value is -2.43. The second kappa shape index (κ2) is 5.91. The molecule has 0 spiro atoms. The van der Waals surface area contributed by atoms with E-state index in [-0.39, 0.29) is 16.7 Å². The molecular formula is C16H19N3O2. The van der Waals surface area contributed by atoms with E-state index in [0.29, 0.717) is 5.69 Å². The van der Waals surface area contributed by atoms with Gasteiger partial charge in [-0.05, 0) is 51.0 Å². The number of nitro groups is 1. The number of hydrogen-bond donors (Lipinski definition) is 1. The number of nitrogens with zero attached hydrogens (tertiary/aromatic N) is 2. The smallest absolute Gasteiger partial charge is 0.292 e. The molecule has 2 aromatic rings. The molecule has 0 saturated carbocycles. The summed E-state index contributed by atoms with van der Waals surface area (Å²) >= 11 is 0. The Kier molecular flexibility index (Phi) is 4.21. The number of para-hydroxylation sites is 2. The van der Waals surface area contributed by atoms with E-state index in [9.17, 15) is 10.1 Å². The average molecular weight is 285 g/mol. The molecule has 110 valence electrons. The minimum absolute atomic E-state index is 0.0563. The van der Waals surface area contributed by atoms with E-state index in [1.165, 1.54) is 6.07 Å². The molecule has 1 heterocycles. The summed E-state index contributed by atoms with van der Waals surface area (Å²) in [5.41, 5.74) is 4.75. The van der Waals surface area contributed by atoms with Crippen molar-refractivity contribution in [2.45, 2.75) is 33.7 Å². The Balaban J connectivity index is 2.35. The lowest BCUT2D eigenvalue weighted by Crippen LogP contribution is -2.12. The van der Waals surface area contributed by atoms with Crippen LogP contribution in [0.2, 0.25) is 0 Å². The first kappa shape index (κ1) is 15.0. The summed E-state index contributed by atoms with van der Waals surface area (Å²) in [4.78, 5) is 15.2. The SMILES string of the molecule is Cc1cc(C)c(C(C)Nc2ccccc2[N+](=O)[O-])c(C)n1. The molecule has 5 heteroatoms. The van der Waals surface area contributed by atoms with E-state index in [2.05, 4.69) is 10.3 Å². The van der Waals surface area contributed by atoms with Crippen molar-refractivity contribution in [2.75, 3.05) is 5.32 Å². The third kappa shape index (κ3) is 3.18. The van der Waals surface area contributed by atoms with E-state index in [1.54, 1.807) is 18.2 Å². The summed E-state index contributed by atoms with van der Waals surface area (Å²) in [6, 6.07) is 8.65. The van der Waals surface area contributed by atoms with Crippen LogP contribution in [-0.4, -0.2) is 9.91 Å². The van der Waals surface area contributed by atoms with Crippen LogP contribution in [0, 0.1) is 30.9 Å². The number of benzene rings is 1. The van der Waals surface area contributed by atoms with Gasteiger partial charge in [0.1, 0.15) is 5.69 Å². The molecule has 0 aliphatic carbocycles. The van der Waals surface area contributed by atoms with Crippen molar-refractivity contribution in [3.8, 4) is 0 Å². The van der Waals surface area contributed by atoms with E-state index in [1.807, 2.05) is 33.8 Å². The van der Waals surface area contributed by atoms with Crippen LogP contribution in [0.5, 0.6) is 0 Å². The lowest BCUT2D eigenvalue weighted by molar-refractivity contribution is -0.384. The zero-order valence-corrected chi connectivity index (χ0v) is 12.7. The molecular weight excluding hydrogens is 266 g/mol. The lowest BCUT2D eigenvalue weighted by atomic mass is 10.00. The fourth-order valence-electron chi connectivity index (χ4n) is 2.75. The number of aryl methyl sites for hydroxylation is 3. The van der Waals surface area contributed by atoms with Gasteiger partial charge in [0.25, 0.3) is 5.69 Å². The summed E-state index contributed by atoms with van der Waals surface area (Å²) in [5.74, 6) is 0. The van der Waals surface area contributed by atoms with Crippen molar-refractivity contribution < 1.29 is 4.92 Å².